The van der Waals surface area contributed by atoms with E-state index in [0.717, 1.165) is 6.42 Å². The van der Waals surface area contributed by atoms with Crippen LogP contribution in [-0.2, 0) is 14.3 Å². The third-order valence-electron chi connectivity index (χ3n) is 5.99. The molecule has 126 valence electrons. The number of carbonyl (C=O) groups is 1. The van der Waals surface area contributed by atoms with Gasteiger partial charge in [0.25, 0.3) is 0 Å². The molecule has 0 saturated carbocycles. The van der Waals surface area contributed by atoms with Crippen molar-refractivity contribution in [3.63, 3.8) is 0 Å². The minimum absolute atomic E-state index is 0.0584. The van der Waals surface area contributed by atoms with Crippen molar-refractivity contribution in [2.45, 2.75) is 66.4 Å². The van der Waals surface area contributed by atoms with Crippen LogP contribution in [0, 0.1) is 23.2 Å². The Balaban J connectivity index is 2.17. The minimum Gasteiger partial charge on any atom is -0.465 e. The molecule has 3 nitrogen and oxygen atoms in total. The van der Waals surface area contributed by atoms with Gasteiger partial charge in [0.1, 0.15) is 0 Å². The van der Waals surface area contributed by atoms with Gasteiger partial charge in [0.15, 0.2) is 0 Å². The highest BCUT2D eigenvalue weighted by Crippen LogP contribution is 2.53. The van der Waals surface area contributed by atoms with E-state index in [1.807, 2.05) is 0 Å². The van der Waals surface area contributed by atoms with Crippen molar-refractivity contribution in [3.8, 4) is 0 Å². The predicted molar refractivity (Wildman–Crippen MR) is 88.5 cm³/mol. The van der Waals surface area contributed by atoms with Gasteiger partial charge in [-0.05, 0) is 25.2 Å². The molecule has 3 heteroatoms. The van der Waals surface area contributed by atoms with Gasteiger partial charge in [0.05, 0.1) is 19.3 Å². The second kappa shape index (κ2) is 7.16. The fourth-order valence-corrected chi connectivity index (χ4v) is 4.48. The lowest BCUT2D eigenvalue weighted by atomic mass is 9.56. The van der Waals surface area contributed by atoms with Crippen molar-refractivity contribution in [1.82, 2.24) is 0 Å². The largest absolute Gasteiger partial charge is 0.465 e. The zero-order valence-corrected chi connectivity index (χ0v) is 14.9. The van der Waals surface area contributed by atoms with Crippen LogP contribution in [0.3, 0.4) is 0 Å². The predicted octanol–water partition coefficient (Wildman–Crippen LogP) is 4.36. The van der Waals surface area contributed by atoms with Crippen LogP contribution in [0.4, 0.5) is 0 Å². The number of fused-ring (bicyclic) bond motifs is 2. The Hall–Kier alpha value is -0.830. The van der Waals surface area contributed by atoms with Gasteiger partial charge >= 0.3 is 5.97 Å². The van der Waals surface area contributed by atoms with E-state index in [1.54, 1.807) is 0 Å². The summed E-state index contributed by atoms with van der Waals surface area (Å²) in [5.41, 5.74) is 1.40. The molecule has 0 N–H and O–H groups in total. The molecule has 1 aliphatic carbocycles. The van der Waals surface area contributed by atoms with Crippen LogP contribution in [0.1, 0.15) is 60.3 Å². The molecule has 1 aliphatic heterocycles. The molecule has 0 unspecified atom stereocenters. The first-order chi connectivity index (χ1) is 10.4. The maximum absolute atomic E-state index is 11.3. The number of hydrogen-bond donors (Lipinski definition) is 0. The fraction of sp³-hybridized carbons (Fsp3) is 0.842. The van der Waals surface area contributed by atoms with E-state index in [2.05, 4.69) is 33.8 Å². The van der Waals surface area contributed by atoms with Gasteiger partial charge in [-0.2, -0.15) is 0 Å². The number of hydrogen-bond acceptors (Lipinski definition) is 3. The molecule has 2 bridgehead atoms. The fourth-order valence-electron chi connectivity index (χ4n) is 4.48. The number of ether oxygens (including phenoxy) is 2. The van der Waals surface area contributed by atoms with Gasteiger partial charge in [0.2, 0.25) is 0 Å². The minimum atomic E-state index is -0.193. The summed E-state index contributed by atoms with van der Waals surface area (Å²) in [4.78, 5) is 11.3. The first-order valence-electron chi connectivity index (χ1n) is 8.85. The lowest BCUT2D eigenvalue weighted by molar-refractivity contribution is -0.180. The summed E-state index contributed by atoms with van der Waals surface area (Å²) in [6.07, 6.45) is 7.63. The van der Waals surface area contributed by atoms with Crippen LogP contribution in [0.5, 0.6) is 0 Å². The van der Waals surface area contributed by atoms with E-state index >= 15 is 0 Å². The van der Waals surface area contributed by atoms with E-state index in [4.69, 9.17) is 9.47 Å². The average Bonchev–Trinajstić information content (AvgIpc) is 2.45. The lowest BCUT2D eigenvalue weighted by Gasteiger charge is -2.55. The molecule has 1 heterocycles. The highest BCUT2D eigenvalue weighted by Gasteiger charge is 2.53. The molecule has 2 aliphatic rings. The quantitative estimate of drug-likeness (QED) is 0.415. The number of carbonyl (C=O) groups excluding carboxylic acids is 1. The number of rotatable bonds is 6. The second-order valence-corrected chi connectivity index (χ2v) is 7.37. The first kappa shape index (κ1) is 17.5. The topological polar surface area (TPSA) is 35.5 Å². The average molecular weight is 308 g/mol. The Kier molecular flexibility index (Phi) is 5.70. The molecular weight excluding hydrogens is 276 g/mol. The van der Waals surface area contributed by atoms with E-state index < -0.39 is 0 Å². The van der Waals surface area contributed by atoms with Crippen molar-refractivity contribution < 1.29 is 14.3 Å². The van der Waals surface area contributed by atoms with Crippen LogP contribution < -0.4 is 0 Å². The van der Waals surface area contributed by atoms with E-state index in [-0.39, 0.29) is 11.4 Å². The Morgan fingerprint density at radius 2 is 2.14 bits per heavy atom. The van der Waals surface area contributed by atoms with E-state index in [1.165, 1.54) is 31.8 Å². The molecule has 0 aromatic rings. The van der Waals surface area contributed by atoms with E-state index in [0.29, 0.717) is 37.1 Å². The van der Waals surface area contributed by atoms with Gasteiger partial charge in [-0.1, -0.05) is 51.7 Å². The third-order valence-corrected chi connectivity index (χ3v) is 5.99. The van der Waals surface area contributed by atoms with Gasteiger partial charge < -0.3 is 9.47 Å². The molecule has 22 heavy (non-hydrogen) atoms. The maximum Gasteiger partial charge on any atom is 0.302 e. The van der Waals surface area contributed by atoms with Crippen molar-refractivity contribution >= 4 is 5.97 Å². The summed E-state index contributed by atoms with van der Waals surface area (Å²) in [6.45, 7) is 11.7. The Labute approximate surface area is 135 Å². The molecular formula is C19H32O3. The zero-order valence-electron chi connectivity index (χ0n) is 14.9. The highest BCUT2D eigenvalue weighted by atomic mass is 16.5. The van der Waals surface area contributed by atoms with Gasteiger partial charge in [-0.25, -0.2) is 0 Å². The molecule has 0 radical (unpaired) electrons. The molecule has 0 spiro atoms. The lowest BCUT2D eigenvalue weighted by Crippen LogP contribution is -2.56. The van der Waals surface area contributed by atoms with Crippen molar-refractivity contribution in [3.05, 3.63) is 11.6 Å². The van der Waals surface area contributed by atoms with Crippen LogP contribution in [0.25, 0.3) is 0 Å². The Morgan fingerprint density at radius 1 is 1.41 bits per heavy atom. The Bertz CT molecular complexity index is 428. The summed E-state index contributed by atoms with van der Waals surface area (Å²) in [5, 5.41) is 0. The van der Waals surface area contributed by atoms with E-state index in [9.17, 15) is 4.79 Å². The molecule has 5 atom stereocenters. The number of esters is 1. The summed E-state index contributed by atoms with van der Waals surface area (Å²) in [5.74, 6) is 1.15. The van der Waals surface area contributed by atoms with Gasteiger partial charge in [0, 0.05) is 18.3 Å². The normalized spacial score (nSPS) is 37.6. The van der Waals surface area contributed by atoms with Crippen LogP contribution in [-0.4, -0.2) is 25.3 Å². The monoisotopic (exact) mass is 308 g/mol. The van der Waals surface area contributed by atoms with Crippen LogP contribution >= 0.6 is 0 Å². The van der Waals surface area contributed by atoms with Crippen LogP contribution in [0.2, 0.25) is 0 Å². The Morgan fingerprint density at radius 3 is 2.77 bits per heavy atom. The molecule has 0 aromatic carbocycles. The molecule has 0 aromatic heterocycles. The van der Waals surface area contributed by atoms with Crippen molar-refractivity contribution in [2.24, 2.45) is 23.2 Å². The van der Waals surface area contributed by atoms with Crippen LogP contribution in [0.15, 0.2) is 11.6 Å². The first-order valence-corrected chi connectivity index (χ1v) is 8.85. The summed E-state index contributed by atoms with van der Waals surface area (Å²) in [6, 6.07) is 0. The molecule has 1 saturated heterocycles. The number of unbranched alkanes of at least 4 members (excludes halogenated alkanes) is 2. The van der Waals surface area contributed by atoms with Gasteiger partial charge in [-0.3, -0.25) is 4.79 Å². The standard InChI is InChI=1S/C19H32O3/c1-6-7-8-9-17-18-13(2)10-14(3)19(12-22-17,15(18)4)11-21-16(5)20/h10,14-15,17-18H,6-9,11-12H2,1-5H3/t14-,15+,17-,18-,19+/m1/s1. The summed E-state index contributed by atoms with van der Waals surface area (Å²) in [7, 11) is 0. The maximum atomic E-state index is 11.3. The molecule has 2 rings (SSSR count). The highest BCUT2D eigenvalue weighted by molar-refractivity contribution is 5.65. The van der Waals surface area contributed by atoms with Gasteiger partial charge in [-0.15, -0.1) is 0 Å². The second-order valence-electron chi connectivity index (χ2n) is 7.37. The van der Waals surface area contributed by atoms with Crippen molar-refractivity contribution in [2.75, 3.05) is 13.2 Å². The summed E-state index contributed by atoms with van der Waals surface area (Å²) >= 11 is 0. The molecule has 0 amide bonds. The molecule has 1 fully saturated rings. The van der Waals surface area contributed by atoms with Crippen molar-refractivity contribution in [1.29, 1.82) is 0 Å². The summed E-state index contributed by atoms with van der Waals surface area (Å²) < 4.78 is 11.7. The smallest absolute Gasteiger partial charge is 0.302 e. The zero-order chi connectivity index (χ0) is 16.3. The SMILES string of the molecule is CCCCC[C@H]1OC[C@@]2(COC(C)=O)[C@H](C)C=C(C)[C@@H]1[C@@H]2C. The third kappa shape index (κ3) is 3.24. The number of allylic oxidation sites excluding steroid dienone is 1.